The average molecular weight is 813 g/mol. The minimum atomic E-state index is -0.997. The summed E-state index contributed by atoms with van der Waals surface area (Å²) in [5.41, 5.74) is 11.0. The Morgan fingerprint density at radius 2 is 1.25 bits per heavy atom. The smallest absolute Gasteiger partial charge is 0.261 e. The molecule has 0 fully saturated rings. The summed E-state index contributed by atoms with van der Waals surface area (Å²) >= 11 is 6.34. The van der Waals surface area contributed by atoms with E-state index in [4.69, 9.17) is 5.73 Å². The molecule has 13 heteroatoms. The first-order chi connectivity index (χ1) is 26.8. The molecule has 10 nitrogen and oxygen atoms in total. The van der Waals surface area contributed by atoms with Crippen LogP contribution in [0.4, 0.5) is 0 Å². The van der Waals surface area contributed by atoms with Crippen LogP contribution in [-0.2, 0) is 30.7 Å². The van der Waals surface area contributed by atoms with Crippen molar-refractivity contribution < 1.29 is 28.8 Å². The van der Waals surface area contributed by atoms with Crippen molar-refractivity contribution in [3.8, 4) is 11.1 Å². The number of thiol groups is 1. The van der Waals surface area contributed by atoms with Crippen LogP contribution in [0.2, 0.25) is 0 Å². The molecular weight excluding hydrogens is 765 g/mol. The van der Waals surface area contributed by atoms with E-state index in [9.17, 15) is 28.8 Å². The maximum Gasteiger partial charge on any atom is 0.261 e. The molecule has 4 aromatic rings. The molecular formula is C43H48N4O6S3. The van der Waals surface area contributed by atoms with Gasteiger partial charge in [-0.25, -0.2) is 0 Å². The maximum absolute atomic E-state index is 13.8. The summed E-state index contributed by atoms with van der Waals surface area (Å²) in [7, 11) is 0. The van der Waals surface area contributed by atoms with E-state index in [0.29, 0.717) is 35.5 Å². The molecule has 0 bridgehead atoms. The van der Waals surface area contributed by atoms with E-state index < -0.39 is 28.6 Å². The third-order valence-electron chi connectivity index (χ3n) is 8.90. The standard InChI is InChI=1S/C41H44N4O5S2.C2H4OS/c1-41(2,52-26-28-13-5-3-6-14-28)36(37(42)47)44-38(48)34(27-51-25-29-20-22-31(23-21-29)30-15-7-4-8-16-30)43-35(46)19-11-12-24-45-39(49)32-17-9-10-18-33(32)40(45)50;1-2(3)4/h3-10,13-18,20-23,34,36H,11-12,19,24-27H2,1-2H3,(H2,42,47)(H,43,46)(H,44,48);1H3,(H,3,4)/t34-,36?;/m0./s1. The molecule has 5 rings (SSSR count). The number of unbranched alkanes of at least 4 members (excludes halogenated alkanes) is 1. The number of thioether (sulfide) groups is 2. The zero-order valence-corrected chi connectivity index (χ0v) is 34.3. The number of hydrogen-bond acceptors (Lipinski definition) is 8. The maximum atomic E-state index is 13.8. The van der Waals surface area contributed by atoms with Gasteiger partial charge in [-0.2, -0.15) is 11.8 Å². The van der Waals surface area contributed by atoms with Crippen LogP contribution in [0, 0.1) is 0 Å². The number of carbonyl (C=O) groups is 6. The van der Waals surface area contributed by atoms with Crippen LogP contribution in [0.15, 0.2) is 109 Å². The summed E-state index contributed by atoms with van der Waals surface area (Å²) in [5, 5.41) is 5.58. The van der Waals surface area contributed by atoms with Gasteiger partial charge in [-0.05, 0) is 61.1 Å². The highest BCUT2D eigenvalue weighted by atomic mass is 32.2. The number of benzene rings is 4. The number of nitrogens with two attached hydrogens (primary N) is 1. The van der Waals surface area contributed by atoms with Crippen LogP contribution in [0.1, 0.15) is 71.9 Å². The molecule has 0 radical (unpaired) electrons. The Bertz CT molecular complexity index is 1940. The molecule has 4 N–H and O–H groups in total. The summed E-state index contributed by atoms with van der Waals surface area (Å²) < 4.78 is -0.746. The summed E-state index contributed by atoms with van der Waals surface area (Å²) in [6, 6.07) is 32.9. The summed E-state index contributed by atoms with van der Waals surface area (Å²) in [5.74, 6) is -0.684. The molecule has 0 spiro atoms. The lowest BCUT2D eigenvalue weighted by molar-refractivity contribution is -0.131. The first-order valence-electron chi connectivity index (χ1n) is 18.2. The number of fused-ring (bicyclic) bond motifs is 1. The van der Waals surface area contributed by atoms with Crippen LogP contribution in [-0.4, -0.2) is 68.7 Å². The third-order valence-corrected chi connectivity index (χ3v) is 11.5. The minimum Gasteiger partial charge on any atom is -0.368 e. The van der Waals surface area contributed by atoms with Gasteiger partial charge in [-0.15, -0.1) is 24.4 Å². The van der Waals surface area contributed by atoms with E-state index >= 15 is 0 Å². The Balaban J connectivity index is 0.00000166. The average Bonchev–Trinajstić information content (AvgIpc) is 3.42. The first kappa shape index (κ1) is 43.9. The molecule has 1 heterocycles. The molecule has 56 heavy (non-hydrogen) atoms. The zero-order valence-electron chi connectivity index (χ0n) is 31.7. The van der Waals surface area contributed by atoms with Gasteiger partial charge < -0.3 is 16.4 Å². The van der Waals surface area contributed by atoms with E-state index in [1.54, 1.807) is 24.3 Å². The van der Waals surface area contributed by atoms with Crippen molar-refractivity contribution in [2.75, 3.05) is 12.3 Å². The second-order valence-corrected chi connectivity index (χ2v) is 17.0. The Labute approximate surface area is 342 Å². The lowest BCUT2D eigenvalue weighted by Crippen LogP contribution is -2.59. The normalized spacial score (nSPS) is 13.2. The number of nitrogens with one attached hydrogen (secondary N) is 2. The highest BCUT2D eigenvalue weighted by molar-refractivity contribution is 8.00. The van der Waals surface area contributed by atoms with Crippen molar-refractivity contribution in [3.05, 3.63) is 131 Å². The third kappa shape index (κ3) is 13.1. The second kappa shape index (κ2) is 21.5. The quantitative estimate of drug-likeness (QED) is 0.0493. The molecule has 1 aliphatic rings. The van der Waals surface area contributed by atoms with Gasteiger partial charge in [0, 0.05) is 41.9 Å². The molecule has 0 saturated heterocycles. The summed E-state index contributed by atoms with van der Waals surface area (Å²) in [6.07, 6.45) is 0.928. The van der Waals surface area contributed by atoms with E-state index in [1.165, 1.54) is 35.3 Å². The van der Waals surface area contributed by atoms with Crippen LogP contribution in [0.3, 0.4) is 0 Å². The Morgan fingerprint density at radius 3 is 1.82 bits per heavy atom. The van der Waals surface area contributed by atoms with Crippen LogP contribution in [0.25, 0.3) is 11.1 Å². The lowest BCUT2D eigenvalue weighted by Gasteiger charge is -2.33. The van der Waals surface area contributed by atoms with Crippen molar-refractivity contribution in [1.29, 1.82) is 0 Å². The molecule has 0 saturated carbocycles. The van der Waals surface area contributed by atoms with Crippen LogP contribution < -0.4 is 16.4 Å². The van der Waals surface area contributed by atoms with Crippen LogP contribution in [0.5, 0.6) is 0 Å². The van der Waals surface area contributed by atoms with Gasteiger partial charge in [0.2, 0.25) is 17.7 Å². The highest BCUT2D eigenvalue weighted by Crippen LogP contribution is 2.32. The molecule has 5 amide bonds. The molecule has 0 aliphatic carbocycles. The number of nitrogens with zero attached hydrogens (tertiary/aromatic N) is 1. The van der Waals surface area contributed by atoms with Crippen molar-refractivity contribution in [2.45, 2.75) is 68.4 Å². The van der Waals surface area contributed by atoms with E-state index in [2.05, 4.69) is 47.5 Å². The van der Waals surface area contributed by atoms with Gasteiger partial charge >= 0.3 is 0 Å². The van der Waals surface area contributed by atoms with E-state index in [1.807, 2.05) is 74.5 Å². The van der Waals surface area contributed by atoms with Crippen molar-refractivity contribution in [2.24, 2.45) is 5.73 Å². The Kier molecular flexibility index (Phi) is 16.8. The number of imide groups is 1. The predicted molar refractivity (Wildman–Crippen MR) is 228 cm³/mol. The van der Waals surface area contributed by atoms with Gasteiger partial charge in [-0.3, -0.25) is 33.7 Å². The fourth-order valence-electron chi connectivity index (χ4n) is 5.92. The van der Waals surface area contributed by atoms with Gasteiger partial charge in [0.25, 0.3) is 11.8 Å². The minimum absolute atomic E-state index is 0.0935. The Hall–Kier alpha value is -4.85. The lowest BCUT2D eigenvalue weighted by atomic mass is 10.0. The predicted octanol–water partition coefficient (Wildman–Crippen LogP) is 6.68. The second-order valence-electron chi connectivity index (χ2n) is 13.7. The fourth-order valence-corrected chi connectivity index (χ4v) is 8.01. The molecule has 0 aromatic heterocycles. The largest absolute Gasteiger partial charge is 0.368 e. The summed E-state index contributed by atoms with van der Waals surface area (Å²) in [4.78, 5) is 75.7. The van der Waals surface area contributed by atoms with Crippen molar-refractivity contribution in [1.82, 2.24) is 15.5 Å². The monoisotopic (exact) mass is 812 g/mol. The van der Waals surface area contributed by atoms with E-state index in [-0.39, 0.29) is 41.6 Å². The first-order valence-corrected chi connectivity index (χ1v) is 20.8. The molecule has 4 aromatic carbocycles. The van der Waals surface area contributed by atoms with Gasteiger partial charge in [0.05, 0.1) is 11.1 Å². The van der Waals surface area contributed by atoms with Gasteiger partial charge in [0.1, 0.15) is 12.1 Å². The SMILES string of the molecule is CC(=O)S.CC(C)(SCc1ccccc1)C(NC(=O)[C@H](CSCc1ccc(-c2ccccc2)cc1)NC(=O)CCCCN1C(=O)c2ccccc2C1=O)C(N)=O. The fraction of sp³-hybridized carbons (Fsp3) is 0.302. The molecule has 2 atom stereocenters. The van der Waals surface area contributed by atoms with E-state index in [0.717, 1.165) is 22.3 Å². The molecule has 1 aliphatic heterocycles. The number of carbonyl (C=O) groups excluding carboxylic acids is 6. The van der Waals surface area contributed by atoms with Crippen LogP contribution >= 0.6 is 36.2 Å². The number of rotatable bonds is 18. The number of primary amides is 1. The highest BCUT2D eigenvalue weighted by Gasteiger charge is 2.38. The van der Waals surface area contributed by atoms with Crippen molar-refractivity contribution in [3.63, 3.8) is 0 Å². The summed E-state index contributed by atoms with van der Waals surface area (Å²) in [6.45, 7) is 5.32. The van der Waals surface area contributed by atoms with Gasteiger partial charge in [-0.1, -0.05) is 97.1 Å². The van der Waals surface area contributed by atoms with Crippen molar-refractivity contribution >= 4 is 70.8 Å². The van der Waals surface area contributed by atoms with Gasteiger partial charge in [0.15, 0.2) is 5.12 Å². The Morgan fingerprint density at radius 1 is 0.732 bits per heavy atom. The molecule has 1 unspecified atom stereocenters. The number of hydrogen-bond donors (Lipinski definition) is 4. The number of amides is 5. The topological polar surface area (TPSA) is 156 Å². The molecule has 294 valence electrons. The zero-order chi connectivity index (χ0) is 40.7.